The maximum Gasteiger partial charge on any atom is 0.335 e. The first-order valence-corrected chi connectivity index (χ1v) is 16.8. The van der Waals surface area contributed by atoms with Gasteiger partial charge < -0.3 is 19.7 Å². The van der Waals surface area contributed by atoms with Crippen molar-refractivity contribution in [3.05, 3.63) is 71.8 Å². The van der Waals surface area contributed by atoms with Crippen LogP contribution in [-0.4, -0.2) is 48.6 Å². The molecule has 2 fully saturated rings. The van der Waals surface area contributed by atoms with Crippen LogP contribution < -0.4 is 0 Å². The van der Waals surface area contributed by atoms with Crippen LogP contribution in [0, 0.1) is 17.8 Å². The number of ether oxygens (including phenoxy) is 2. The molecule has 2 aromatic rings. The average Bonchev–Trinajstić information content (AvgIpc) is 3.07. The number of unbranched alkanes of at least 4 members (excludes halogenated alkanes) is 2. The Labute approximate surface area is 263 Å². The summed E-state index contributed by atoms with van der Waals surface area (Å²) >= 11 is 0. The van der Waals surface area contributed by atoms with Crippen molar-refractivity contribution in [1.29, 1.82) is 0 Å². The fourth-order valence-corrected chi connectivity index (χ4v) is 7.27. The van der Waals surface area contributed by atoms with Gasteiger partial charge in [0.15, 0.2) is 0 Å². The molecule has 2 aromatic carbocycles. The fourth-order valence-electron chi connectivity index (χ4n) is 7.27. The van der Waals surface area contributed by atoms with Crippen LogP contribution in [0.25, 0.3) is 10.8 Å². The standard InChI is InChI=1S/C38H52O6/c1-4-5-6-7-28-8-10-29(11-9-28)30-12-14-31(15-13-30)32-16-17-34-21-35(19-18-33(34)20-32)36(24-43-37(41)26(2)22-39)25-44-38(42)27(3)23-40/h16-21,28-31,36,39-40H,2-15,22-25H2,1H3. The predicted octanol–water partition coefficient (Wildman–Crippen LogP) is 7.77. The summed E-state index contributed by atoms with van der Waals surface area (Å²) in [6.45, 7) is 8.23. The first kappa shape index (κ1) is 33.9. The van der Waals surface area contributed by atoms with Crippen LogP contribution in [0.15, 0.2) is 60.7 Å². The number of esters is 2. The lowest BCUT2D eigenvalue weighted by atomic mass is 9.68. The van der Waals surface area contributed by atoms with Crippen LogP contribution in [-0.2, 0) is 19.1 Å². The van der Waals surface area contributed by atoms with Crippen molar-refractivity contribution in [3.63, 3.8) is 0 Å². The van der Waals surface area contributed by atoms with Crippen LogP contribution in [0.3, 0.4) is 0 Å². The fraction of sp³-hybridized carbons (Fsp3) is 0.579. The topological polar surface area (TPSA) is 93.1 Å². The second kappa shape index (κ2) is 16.9. The molecule has 2 N–H and O–H groups in total. The number of aliphatic hydroxyl groups excluding tert-OH is 2. The van der Waals surface area contributed by atoms with E-state index in [1.165, 1.54) is 82.6 Å². The molecular weight excluding hydrogens is 552 g/mol. The molecule has 0 spiro atoms. The summed E-state index contributed by atoms with van der Waals surface area (Å²) in [5.41, 5.74) is 2.18. The minimum absolute atomic E-state index is 0.0420. The van der Waals surface area contributed by atoms with Crippen molar-refractivity contribution in [2.45, 2.75) is 95.8 Å². The maximum absolute atomic E-state index is 12.1. The molecule has 0 bridgehead atoms. The van der Waals surface area contributed by atoms with Crippen LogP contribution in [0.5, 0.6) is 0 Å². The first-order valence-electron chi connectivity index (χ1n) is 16.8. The zero-order valence-electron chi connectivity index (χ0n) is 26.6. The van der Waals surface area contributed by atoms with E-state index in [-0.39, 0.29) is 24.4 Å². The van der Waals surface area contributed by atoms with Gasteiger partial charge in [-0.2, -0.15) is 0 Å². The SMILES string of the molecule is C=C(CO)C(=O)OCC(COC(=O)C(=C)CO)c1ccc2cc(C3CCC(C4CCC(CCCCC)CC4)CC3)ccc2c1. The number of hydrogen-bond donors (Lipinski definition) is 2. The van der Waals surface area contributed by atoms with E-state index in [0.717, 1.165) is 34.1 Å². The van der Waals surface area contributed by atoms with E-state index >= 15 is 0 Å². The third kappa shape index (κ3) is 9.28. The Balaban J connectivity index is 1.36. The molecule has 6 nitrogen and oxygen atoms in total. The summed E-state index contributed by atoms with van der Waals surface area (Å²) in [5, 5.41) is 20.6. The molecule has 0 aromatic heterocycles. The summed E-state index contributed by atoms with van der Waals surface area (Å²) in [4.78, 5) is 24.3. The van der Waals surface area contributed by atoms with E-state index in [1.54, 1.807) is 0 Å². The maximum atomic E-state index is 12.1. The van der Waals surface area contributed by atoms with Crippen molar-refractivity contribution < 1.29 is 29.3 Å². The van der Waals surface area contributed by atoms with E-state index in [1.807, 2.05) is 12.1 Å². The number of hydrogen-bond acceptors (Lipinski definition) is 6. The van der Waals surface area contributed by atoms with Crippen molar-refractivity contribution in [2.75, 3.05) is 26.4 Å². The van der Waals surface area contributed by atoms with Gasteiger partial charge in [-0.25, -0.2) is 9.59 Å². The van der Waals surface area contributed by atoms with E-state index in [9.17, 15) is 19.8 Å². The highest BCUT2D eigenvalue weighted by Gasteiger charge is 2.31. The van der Waals surface area contributed by atoms with Crippen molar-refractivity contribution in [3.8, 4) is 0 Å². The van der Waals surface area contributed by atoms with Crippen molar-refractivity contribution in [2.24, 2.45) is 17.8 Å². The van der Waals surface area contributed by atoms with Gasteiger partial charge in [0.1, 0.15) is 13.2 Å². The van der Waals surface area contributed by atoms with Crippen molar-refractivity contribution in [1.82, 2.24) is 0 Å². The monoisotopic (exact) mass is 604 g/mol. The normalized spacial score (nSPS) is 22.1. The minimum Gasteiger partial charge on any atom is -0.461 e. The van der Waals surface area contributed by atoms with Gasteiger partial charge in [-0.3, -0.25) is 0 Å². The average molecular weight is 605 g/mol. The lowest BCUT2D eigenvalue weighted by Crippen LogP contribution is -2.25. The first-order chi connectivity index (χ1) is 21.3. The molecular formula is C38H52O6. The smallest absolute Gasteiger partial charge is 0.335 e. The predicted molar refractivity (Wildman–Crippen MR) is 175 cm³/mol. The second-order valence-corrected chi connectivity index (χ2v) is 13.2. The number of rotatable bonds is 15. The molecule has 0 saturated heterocycles. The number of fused-ring (bicyclic) bond motifs is 1. The van der Waals surface area contributed by atoms with E-state index in [4.69, 9.17) is 9.47 Å². The number of carbonyl (C=O) groups excluding carboxylic acids is 2. The zero-order valence-corrected chi connectivity index (χ0v) is 26.6. The highest BCUT2D eigenvalue weighted by molar-refractivity contribution is 5.88. The van der Waals surface area contributed by atoms with Crippen LogP contribution in [0.4, 0.5) is 0 Å². The van der Waals surface area contributed by atoms with Gasteiger partial charge in [0.25, 0.3) is 0 Å². The third-order valence-electron chi connectivity index (χ3n) is 10.2. The molecule has 4 rings (SSSR count). The number of benzene rings is 2. The lowest BCUT2D eigenvalue weighted by molar-refractivity contribution is -0.142. The van der Waals surface area contributed by atoms with Gasteiger partial charge in [-0.05, 0) is 84.1 Å². The Morgan fingerprint density at radius 3 is 1.89 bits per heavy atom. The Morgan fingerprint density at radius 2 is 1.32 bits per heavy atom. The van der Waals surface area contributed by atoms with E-state index in [0.29, 0.717) is 5.92 Å². The van der Waals surface area contributed by atoms with Crippen LogP contribution in [0.2, 0.25) is 0 Å². The summed E-state index contributed by atoms with van der Waals surface area (Å²) < 4.78 is 10.7. The summed E-state index contributed by atoms with van der Waals surface area (Å²) in [7, 11) is 0. The molecule has 2 aliphatic rings. The molecule has 2 aliphatic carbocycles. The largest absolute Gasteiger partial charge is 0.461 e. The lowest BCUT2D eigenvalue weighted by Gasteiger charge is -2.38. The molecule has 0 unspecified atom stereocenters. The van der Waals surface area contributed by atoms with E-state index in [2.05, 4.69) is 44.3 Å². The molecule has 0 heterocycles. The van der Waals surface area contributed by atoms with Gasteiger partial charge in [-0.1, -0.05) is 95.0 Å². The van der Waals surface area contributed by atoms with Gasteiger partial charge in [-0.15, -0.1) is 0 Å². The van der Waals surface area contributed by atoms with Gasteiger partial charge in [0.05, 0.1) is 30.3 Å². The highest BCUT2D eigenvalue weighted by Crippen LogP contribution is 2.45. The molecule has 2 saturated carbocycles. The number of aliphatic hydroxyl groups is 2. The highest BCUT2D eigenvalue weighted by atomic mass is 16.5. The Morgan fingerprint density at radius 1 is 0.773 bits per heavy atom. The van der Waals surface area contributed by atoms with Gasteiger partial charge in [0.2, 0.25) is 0 Å². The van der Waals surface area contributed by atoms with Crippen molar-refractivity contribution >= 4 is 22.7 Å². The summed E-state index contributed by atoms with van der Waals surface area (Å²) in [6, 6.07) is 12.8. The quantitative estimate of drug-likeness (QED) is 0.123. The van der Waals surface area contributed by atoms with Gasteiger partial charge in [0, 0.05) is 0 Å². The number of carbonyl (C=O) groups is 2. The van der Waals surface area contributed by atoms with Gasteiger partial charge >= 0.3 is 11.9 Å². The molecule has 44 heavy (non-hydrogen) atoms. The molecule has 0 atom stereocenters. The molecule has 0 aliphatic heterocycles. The molecule has 6 heteroatoms. The Bertz CT molecular complexity index is 1230. The second-order valence-electron chi connectivity index (χ2n) is 13.2. The van der Waals surface area contributed by atoms with Crippen LogP contribution >= 0.6 is 0 Å². The molecule has 0 radical (unpaired) electrons. The third-order valence-corrected chi connectivity index (χ3v) is 10.2. The Hall–Kier alpha value is -2.96. The van der Waals surface area contributed by atoms with E-state index < -0.39 is 31.1 Å². The zero-order chi connectivity index (χ0) is 31.5. The molecule has 0 amide bonds. The van der Waals surface area contributed by atoms with Crippen LogP contribution in [0.1, 0.15) is 107 Å². The summed E-state index contributed by atoms with van der Waals surface area (Å²) in [5.74, 6) is 1.58. The minimum atomic E-state index is -0.696. The Kier molecular flexibility index (Phi) is 13.1. The summed E-state index contributed by atoms with van der Waals surface area (Å²) in [6.07, 6.45) is 16.6. The molecule has 240 valence electrons.